The van der Waals surface area contributed by atoms with Gasteiger partial charge in [-0.1, -0.05) is 187 Å². The molecule has 0 aromatic heterocycles. The van der Waals surface area contributed by atoms with Gasteiger partial charge in [0.25, 0.3) is 0 Å². The Morgan fingerprint density at radius 3 is 1.39 bits per heavy atom. The third-order valence-electron chi connectivity index (χ3n) is 10.7. The predicted octanol–water partition coefficient (Wildman–Crippen LogP) is 8.39. The highest BCUT2D eigenvalue weighted by Crippen LogP contribution is 2.23. The lowest BCUT2D eigenvalue weighted by molar-refractivity contribution is -0.302. The van der Waals surface area contributed by atoms with E-state index in [0.717, 1.165) is 38.5 Å². The summed E-state index contributed by atoms with van der Waals surface area (Å²) >= 11 is 0. The maximum absolute atomic E-state index is 12.9. The number of carbonyl (C=O) groups excluding carboxylic acids is 1. The van der Waals surface area contributed by atoms with Crippen molar-refractivity contribution in [2.45, 2.75) is 249 Å². The first-order valence-electron chi connectivity index (χ1n) is 21.7. The van der Waals surface area contributed by atoms with Gasteiger partial charge in [0.15, 0.2) is 6.29 Å². The number of unbranched alkanes of at least 4 members (excludes halogenated alkanes) is 26. The summed E-state index contributed by atoms with van der Waals surface area (Å²) in [6.45, 7) is 3.83. The van der Waals surface area contributed by atoms with E-state index in [1.807, 2.05) is 0 Å². The molecule has 2 unspecified atom stereocenters. The molecule has 1 amide bonds. The molecule has 1 fully saturated rings. The van der Waals surface area contributed by atoms with Gasteiger partial charge < -0.3 is 40.3 Å². The van der Waals surface area contributed by atoms with Crippen LogP contribution in [-0.4, -0.2) is 87.5 Å². The molecule has 0 spiro atoms. The van der Waals surface area contributed by atoms with Gasteiger partial charge in [-0.25, -0.2) is 0 Å². The monoisotopic (exact) mass is 730 g/mol. The van der Waals surface area contributed by atoms with E-state index in [1.165, 1.54) is 141 Å². The van der Waals surface area contributed by atoms with Crippen LogP contribution in [0.5, 0.6) is 0 Å². The average Bonchev–Trinajstić information content (AvgIpc) is 3.13. The minimum absolute atomic E-state index is 0.132. The quantitative estimate of drug-likeness (QED) is 0.0353. The standard InChI is InChI=1S/C42H83NO8/c1-3-5-7-9-11-13-15-17-18-20-22-24-26-28-30-32-38(46)43-35(34-50-42-41(49)40(48)39(47)37(33-44)51-42)36(45)31-29-27-25-23-21-19-16-14-12-10-8-6-4-2/h35-37,39-42,44-45,47-49H,3-34H2,1-2H3,(H,43,46)/t35-,36+,37+,39-,40?,41?,42+/m0/s1. The summed E-state index contributed by atoms with van der Waals surface area (Å²) < 4.78 is 11.2. The zero-order valence-electron chi connectivity index (χ0n) is 33.1. The minimum Gasteiger partial charge on any atom is -0.394 e. The summed E-state index contributed by atoms with van der Waals surface area (Å²) in [4.78, 5) is 12.9. The molecule has 1 aliphatic heterocycles. The first-order valence-corrected chi connectivity index (χ1v) is 21.7. The predicted molar refractivity (Wildman–Crippen MR) is 208 cm³/mol. The second-order valence-corrected chi connectivity index (χ2v) is 15.5. The van der Waals surface area contributed by atoms with Gasteiger partial charge in [-0.05, 0) is 12.8 Å². The van der Waals surface area contributed by atoms with Crippen LogP contribution in [0, 0.1) is 0 Å². The second kappa shape index (κ2) is 33.7. The fourth-order valence-corrected chi connectivity index (χ4v) is 7.16. The van der Waals surface area contributed by atoms with Crippen molar-refractivity contribution in [3.8, 4) is 0 Å². The van der Waals surface area contributed by atoms with E-state index < -0.39 is 49.5 Å². The molecule has 9 heteroatoms. The summed E-state index contributed by atoms with van der Waals surface area (Å²) in [5.74, 6) is -0.142. The topological polar surface area (TPSA) is 149 Å². The van der Waals surface area contributed by atoms with Crippen LogP contribution < -0.4 is 5.32 Å². The maximum Gasteiger partial charge on any atom is 0.220 e. The zero-order chi connectivity index (χ0) is 37.4. The molecular weight excluding hydrogens is 646 g/mol. The lowest BCUT2D eigenvalue weighted by Crippen LogP contribution is -2.60. The number of nitrogens with one attached hydrogen (secondary N) is 1. The van der Waals surface area contributed by atoms with Crippen molar-refractivity contribution in [1.82, 2.24) is 5.32 Å². The molecule has 1 rings (SSSR count). The van der Waals surface area contributed by atoms with Crippen molar-refractivity contribution < 1.29 is 39.8 Å². The van der Waals surface area contributed by atoms with Crippen LogP contribution in [0.25, 0.3) is 0 Å². The van der Waals surface area contributed by atoms with Crippen molar-refractivity contribution >= 4 is 5.91 Å². The molecule has 0 bridgehead atoms. The molecule has 1 saturated heterocycles. The average molecular weight is 730 g/mol. The SMILES string of the molecule is CCCCCCCCCCCCCCCCCC(=O)N[C@@H](CO[C@@H]1O[C@H](CO)[C@H](O)C(O)C1O)[C@H](O)CCCCCCCCCCCCCCC. The van der Waals surface area contributed by atoms with Crippen molar-refractivity contribution in [3.05, 3.63) is 0 Å². The second-order valence-electron chi connectivity index (χ2n) is 15.5. The number of amides is 1. The number of aliphatic hydroxyl groups excluding tert-OH is 5. The highest BCUT2D eigenvalue weighted by atomic mass is 16.7. The van der Waals surface area contributed by atoms with E-state index in [2.05, 4.69) is 19.2 Å². The fourth-order valence-electron chi connectivity index (χ4n) is 7.16. The molecule has 0 saturated carbocycles. The lowest BCUT2D eigenvalue weighted by atomic mass is 9.99. The van der Waals surface area contributed by atoms with E-state index in [4.69, 9.17) is 9.47 Å². The number of hydrogen-bond donors (Lipinski definition) is 6. The van der Waals surface area contributed by atoms with E-state index in [0.29, 0.717) is 12.8 Å². The zero-order valence-corrected chi connectivity index (χ0v) is 33.1. The summed E-state index contributed by atoms with van der Waals surface area (Å²) in [6.07, 6.45) is 28.2. The Balaban J connectivity index is 2.35. The first-order chi connectivity index (χ1) is 24.8. The van der Waals surface area contributed by atoms with Crippen LogP contribution in [-0.2, 0) is 14.3 Å². The number of hydrogen-bond acceptors (Lipinski definition) is 8. The third-order valence-corrected chi connectivity index (χ3v) is 10.7. The van der Waals surface area contributed by atoms with Gasteiger partial charge >= 0.3 is 0 Å². The largest absolute Gasteiger partial charge is 0.394 e. The molecule has 9 nitrogen and oxygen atoms in total. The summed E-state index contributed by atoms with van der Waals surface area (Å²) in [5, 5.41) is 54.2. The number of ether oxygens (including phenoxy) is 2. The van der Waals surface area contributed by atoms with Crippen molar-refractivity contribution in [2.75, 3.05) is 13.2 Å². The maximum atomic E-state index is 12.9. The Hall–Kier alpha value is -0.810. The Bertz CT molecular complexity index is 771. The van der Waals surface area contributed by atoms with Crippen molar-refractivity contribution in [3.63, 3.8) is 0 Å². The molecule has 0 aliphatic carbocycles. The number of rotatable bonds is 36. The van der Waals surface area contributed by atoms with E-state index in [-0.39, 0.29) is 12.5 Å². The van der Waals surface area contributed by atoms with Gasteiger partial charge in [-0.2, -0.15) is 0 Å². The normalized spacial score (nSPS) is 21.9. The van der Waals surface area contributed by atoms with Crippen LogP contribution in [0.4, 0.5) is 0 Å². The fraction of sp³-hybridized carbons (Fsp3) is 0.976. The van der Waals surface area contributed by atoms with Crippen molar-refractivity contribution in [2.24, 2.45) is 0 Å². The van der Waals surface area contributed by atoms with Gasteiger partial charge in [-0.3, -0.25) is 4.79 Å². The highest BCUT2D eigenvalue weighted by molar-refractivity contribution is 5.76. The molecular formula is C42H83NO8. The Labute approximate surface area is 313 Å². The number of aliphatic hydroxyl groups is 5. The van der Waals surface area contributed by atoms with Crippen LogP contribution in [0.2, 0.25) is 0 Å². The smallest absolute Gasteiger partial charge is 0.220 e. The van der Waals surface area contributed by atoms with Gasteiger partial charge in [0, 0.05) is 6.42 Å². The molecule has 0 aromatic carbocycles. The van der Waals surface area contributed by atoms with E-state index >= 15 is 0 Å². The van der Waals surface area contributed by atoms with Crippen molar-refractivity contribution in [1.29, 1.82) is 0 Å². The van der Waals surface area contributed by atoms with Crippen LogP contribution in [0.1, 0.15) is 206 Å². The van der Waals surface area contributed by atoms with Gasteiger partial charge in [0.2, 0.25) is 5.91 Å². The van der Waals surface area contributed by atoms with Crippen LogP contribution in [0.15, 0.2) is 0 Å². The van der Waals surface area contributed by atoms with Crippen LogP contribution in [0.3, 0.4) is 0 Å². The molecule has 1 heterocycles. The third kappa shape index (κ3) is 25.0. The molecule has 0 radical (unpaired) electrons. The van der Waals surface area contributed by atoms with E-state index in [1.54, 1.807) is 0 Å². The molecule has 6 N–H and O–H groups in total. The number of carbonyl (C=O) groups is 1. The Kier molecular flexibility index (Phi) is 31.9. The Morgan fingerprint density at radius 1 is 0.588 bits per heavy atom. The van der Waals surface area contributed by atoms with Gasteiger partial charge in [-0.15, -0.1) is 0 Å². The molecule has 51 heavy (non-hydrogen) atoms. The molecule has 1 aliphatic rings. The molecule has 0 aromatic rings. The van der Waals surface area contributed by atoms with Gasteiger partial charge in [0.05, 0.1) is 25.4 Å². The minimum atomic E-state index is -1.55. The van der Waals surface area contributed by atoms with Crippen LogP contribution >= 0.6 is 0 Å². The van der Waals surface area contributed by atoms with Gasteiger partial charge in [0.1, 0.15) is 24.4 Å². The Morgan fingerprint density at radius 2 is 0.980 bits per heavy atom. The summed E-state index contributed by atoms with van der Waals surface area (Å²) in [6, 6.07) is -0.710. The first kappa shape index (κ1) is 48.2. The molecule has 304 valence electrons. The molecule has 7 atom stereocenters. The van der Waals surface area contributed by atoms with E-state index in [9.17, 15) is 30.3 Å². The summed E-state index contributed by atoms with van der Waals surface area (Å²) in [7, 11) is 0. The highest BCUT2D eigenvalue weighted by Gasteiger charge is 2.44. The lowest BCUT2D eigenvalue weighted by Gasteiger charge is -2.40. The summed E-state index contributed by atoms with van der Waals surface area (Å²) in [5.41, 5.74) is 0.